The fourth-order valence-corrected chi connectivity index (χ4v) is 0. The van der Waals surface area contributed by atoms with E-state index in [4.69, 9.17) is 0 Å². The maximum absolute atomic E-state index is 4.09. The molecular formula is H2MoS3. The van der Waals surface area contributed by atoms with Gasteiger partial charge in [0.2, 0.25) is 0 Å². The summed E-state index contributed by atoms with van der Waals surface area (Å²) in [6.45, 7) is 0. The first kappa shape index (κ1) is 9.15. The van der Waals surface area contributed by atoms with Gasteiger partial charge in [0.25, 0.3) is 0 Å². The minimum atomic E-state index is 1.53. The Labute approximate surface area is 50.9 Å². The van der Waals surface area contributed by atoms with Gasteiger partial charge in [-0.25, -0.2) is 0 Å². The molecule has 0 amide bonds. The van der Waals surface area contributed by atoms with Crippen LogP contribution in [-0.2, 0) is 18.0 Å². The van der Waals surface area contributed by atoms with E-state index in [2.05, 4.69) is 33.1 Å². The molecule has 26 valence electrons. The summed E-state index contributed by atoms with van der Waals surface area (Å²) in [5.41, 5.74) is 0. The Hall–Kier alpha value is 1.61. The molecule has 4 heteroatoms. The van der Waals surface area contributed by atoms with E-state index in [0.29, 0.717) is 0 Å². The van der Waals surface area contributed by atoms with E-state index < -0.39 is 0 Å². The molecule has 0 spiro atoms. The van der Waals surface area contributed by atoms with E-state index in [1.54, 1.807) is 0 Å². The van der Waals surface area contributed by atoms with Crippen LogP contribution in [0.4, 0.5) is 0 Å². The SMILES string of the molecule is SS.[S]=[Mo]. The quantitative estimate of drug-likeness (QED) is 0.334. The Bertz CT molecular complexity index is 3.25. The van der Waals surface area contributed by atoms with E-state index >= 15 is 0 Å². The van der Waals surface area contributed by atoms with Crippen LogP contribution in [-0.4, -0.2) is 0 Å². The molecule has 0 aliphatic heterocycles. The van der Waals surface area contributed by atoms with Gasteiger partial charge in [-0.3, -0.25) is 0 Å². The molecule has 0 saturated heterocycles. The van der Waals surface area contributed by atoms with Gasteiger partial charge >= 0.3 is 27.8 Å². The molecule has 0 atom stereocenters. The van der Waals surface area contributed by atoms with Crippen LogP contribution in [0.25, 0.3) is 0 Å². The first-order valence-electron chi connectivity index (χ1n) is 0.367. The molecule has 0 aromatic heterocycles. The summed E-state index contributed by atoms with van der Waals surface area (Å²) in [7, 11) is 4.09. The molecule has 0 rings (SSSR count). The van der Waals surface area contributed by atoms with Gasteiger partial charge in [0.05, 0.1) is 0 Å². The molecule has 0 N–H and O–H groups in total. The molecule has 0 nitrogen and oxygen atoms in total. The second-order valence-electron chi connectivity index (χ2n) is 0. The standard InChI is InChI=1S/Mo.H2S2.S/c;1-2;/h;1-2H;. The van der Waals surface area contributed by atoms with Crippen LogP contribution in [0, 0.1) is 0 Å². The third kappa shape index (κ3) is 9.49. The van der Waals surface area contributed by atoms with E-state index in [0.717, 1.165) is 0 Å². The normalized spacial score (nSPS) is 2.50. The molecule has 4 heavy (non-hydrogen) atoms. The Balaban J connectivity index is 0. The zero-order chi connectivity index (χ0) is 4.00. The molecule has 0 aliphatic carbocycles. The predicted molar refractivity (Wildman–Crippen MR) is 25.6 cm³/mol. The number of rotatable bonds is 0. The summed E-state index contributed by atoms with van der Waals surface area (Å²) < 4.78 is 0. The van der Waals surface area contributed by atoms with Gasteiger partial charge in [-0.15, -0.1) is 23.3 Å². The molecule has 0 radical (unpaired) electrons. The Morgan fingerprint density at radius 3 is 1.25 bits per heavy atom. The van der Waals surface area contributed by atoms with Gasteiger partial charge in [-0.1, -0.05) is 0 Å². The van der Waals surface area contributed by atoms with Crippen LogP contribution in [0.15, 0.2) is 0 Å². The molecule has 0 aromatic rings. The summed E-state index contributed by atoms with van der Waals surface area (Å²) in [6, 6.07) is 0. The third-order valence-electron chi connectivity index (χ3n) is 0. The molecule has 0 aliphatic rings. The second-order valence-corrected chi connectivity index (χ2v) is 0. The van der Waals surface area contributed by atoms with Crippen molar-refractivity contribution in [3.63, 3.8) is 0 Å². The van der Waals surface area contributed by atoms with Crippen molar-refractivity contribution in [3.05, 3.63) is 0 Å². The average molecular weight is 194 g/mol. The summed E-state index contributed by atoms with van der Waals surface area (Å²) in [5.74, 6) is 0. The average Bonchev–Trinajstić information content (AvgIpc) is 1.50. The summed E-state index contributed by atoms with van der Waals surface area (Å²) in [6.07, 6.45) is 0. The zero-order valence-corrected chi connectivity index (χ0v) is 6.32. The Morgan fingerprint density at radius 1 is 1.25 bits per heavy atom. The van der Waals surface area contributed by atoms with Crippen LogP contribution in [0.5, 0.6) is 0 Å². The Kier molecular flexibility index (Phi) is 53.0. The second kappa shape index (κ2) is 23.2. The van der Waals surface area contributed by atoms with Gasteiger partial charge in [0, 0.05) is 0 Å². The topological polar surface area (TPSA) is 0 Å². The van der Waals surface area contributed by atoms with Crippen LogP contribution in [0.1, 0.15) is 0 Å². The van der Waals surface area contributed by atoms with Crippen molar-refractivity contribution in [2.75, 3.05) is 0 Å². The van der Waals surface area contributed by atoms with E-state index in [1.807, 2.05) is 0 Å². The maximum atomic E-state index is 4.09. The van der Waals surface area contributed by atoms with Crippen LogP contribution in [0.3, 0.4) is 0 Å². The molecule has 0 unspecified atom stereocenters. The summed E-state index contributed by atoms with van der Waals surface area (Å²) in [4.78, 5) is 0. The molecule has 0 heterocycles. The van der Waals surface area contributed by atoms with E-state index in [1.165, 1.54) is 18.0 Å². The van der Waals surface area contributed by atoms with Gasteiger partial charge < -0.3 is 0 Å². The van der Waals surface area contributed by atoms with Gasteiger partial charge in [-0.2, -0.15) is 0 Å². The van der Waals surface area contributed by atoms with E-state index in [-0.39, 0.29) is 0 Å². The predicted octanol–water partition coefficient (Wildman–Crippen LogP) is 1.41. The minimum absolute atomic E-state index is 1.53. The third-order valence-corrected chi connectivity index (χ3v) is 0. The van der Waals surface area contributed by atoms with Gasteiger partial charge in [0.15, 0.2) is 0 Å². The first-order valence-corrected chi connectivity index (χ1v) is 4.76. The van der Waals surface area contributed by atoms with Crippen molar-refractivity contribution in [1.29, 1.82) is 0 Å². The van der Waals surface area contributed by atoms with Crippen LogP contribution in [0.2, 0.25) is 0 Å². The van der Waals surface area contributed by atoms with Gasteiger partial charge in [-0.05, 0) is 0 Å². The molecule has 0 fully saturated rings. The van der Waals surface area contributed by atoms with Crippen molar-refractivity contribution in [2.24, 2.45) is 0 Å². The zero-order valence-electron chi connectivity index (χ0n) is 1.71. The van der Waals surface area contributed by atoms with Crippen molar-refractivity contribution in [1.82, 2.24) is 0 Å². The van der Waals surface area contributed by atoms with Crippen LogP contribution < -0.4 is 0 Å². The molecular weight excluding hydrogens is 192 g/mol. The van der Waals surface area contributed by atoms with E-state index in [9.17, 15) is 0 Å². The summed E-state index contributed by atoms with van der Waals surface area (Å²) in [5, 5.41) is 0. The number of thiol groups is 2. The van der Waals surface area contributed by atoms with Crippen LogP contribution >= 0.6 is 33.1 Å². The summed E-state index contributed by atoms with van der Waals surface area (Å²) >= 11 is 7.98. The molecule has 0 bridgehead atoms. The van der Waals surface area contributed by atoms with Gasteiger partial charge in [0.1, 0.15) is 0 Å². The van der Waals surface area contributed by atoms with Crippen molar-refractivity contribution < 1.29 is 18.0 Å². The van der Waals surface area contributed by atoms with Crippen molar-refractivity contribution in [2.45, 2.75) is 0 Å². The Morgan fingerprint density at radius 2 is 1.25 bits per heavy atom. The van der Waals surface area contributed by atoms with Crippen molar-refractivity contribution >= 4 is 33.1 Å². The molecule has 0 saturated carbocycles. The molecule has 0 aromatic carbocycles. The number of hydrogen-bond acceptors (Lipinski definition) is 3. The monoisotopic (exact) mass is 196 g/mol. The fraction of sp³-hybridized carbons (Fsp3) is 0. The first-order chi connectivity index (χ1) is 2.00. The number of hydrogen-bond donors (Lipinski definition) is 2. The fourth-order valence-electron chi connectivity index (χ4n) is 0. The van der Waals surface area contributed by atoms with Crippen molar-refractivity contribution in [3.8, 4) is 0 Å².